The summed E-state index contributed by atoms with van der Waals surface area (Å²) in [6.07, 6.45) is 1.94. The number of thioether (sulfide) groups is 1. The fourth-order valence-electron chi connectivity index (χ4n) is 1.66. The van der Waals surface area contributed by atoms with E-state index in [0.29, 0.717) is 5.69 Å². The SMILES string of the molecule is CSCC(C)NS(=O)(=O)c1cc(C)c(C)cc1N. The van der Waals surface area contributed by atoms with Gasteiger partial charge in [0.1, 0.15) is 4.90 Å². The van der Waals surface area contributed by atoms with E-state index in [-0.39, 0.29) is 10.9 Å². The predicted octanol–water partition coefficient (Wildman–Crippen LogP) is 1.92. The molecule has 0 aliphatic carbocycles. The number of benzene rings is 1. The fourth-order valence-corrected chi connectivity index (χ4v) is 3.79. The van der Waals surface area contributed by atoms with E-state index in [4.69, 9.17) is 5.73 Å². The number of anilines is 1. The smallest absolute Gasteiger partial charge is 0.242 e. The largest absolute Gasteiger partial charge is 0.398 e. The summed E-state index contributed by atoms with van der Waals surface area (Å²) in [6, 6.07) is 3.20. The maximum atomic E-state index is 12.2. The summed E-state index contributed by atoms with van der Waals surface area (Å²) in [7, 11) is -3.54. The number of hydrogen-bond acceptors (Lipinski definition) is 4. The van der Waals surface area contributed by atoms with E-state index in [1.165, 1.54) is 0 Å². The van der Waals surface area contributed by atoms with Crippen LogP contribution in [0.5, 0.6) is 0 Å². The number of sulfonamides is 1. The lowest BCUT2D eigenvalue weighted by atomic mass is 10.1. The highest BCUT2D eigenvalue weighted by Crippen LogP contribution is 2.22. The Hall–Kier alpha value is -0.720. The third-order valence-electron chi connectivity index (χ3n) is 2.69. The fraction of sp³-hybridized carbons (Fsp3) is 0.500. The lowest BCUT2D eigenvalue weighted by Crippen LogP contribution is -2.34. The Kier molecular flexibility index (Phi) is 5.07. The average Bonchev–Trinajstić information content (AvgIpc) is 2.22. The Balaban J connectivity index is 3.09. The lowest BCUT2D eigenvalue weighted by Gasteiger charge is -2.15. The first-order chi connectivity index (χ1) is 8.27. The molecule has 1 unspecified atom stereocenters. The second-order valence-corrected chi connectivity index (χ2v) is 7.05. The van der Waals surface area contributed by atoms with Crippen molar-refractivity contribution in [1.82, 2.24) is 4.72 Å². The summed E-state index contributed by atoms with van der Waals surface area (Å²) in [4.78, 5) is 0.165. The number of rotatable bonds is 5. The Morgan fingerprint density at radius 1 is 1.33 bits per heavy atom. The van der Waals surface area contributed by atoms with Crippen molar-refractivity contribution in [3.63, 3.8) is 0 Å². The van der Waals surface area contributed by atoms with Gasteiger partial charge < -0.3 is 5.73 Å². The van der Waals surface area contributed by atoms with Crippen molar-refractivity contribution in [2.45, 2.75) is 31.7 Å². The van der Waals surface area contributed by atoms with Gasteiger partial charge in [-0.1, -0.05) is 0 Å². The summed E-state index contributed by atoms with van der Waals surface area (Å²) in [5.74, 6) is 0.726. The van der Waals surface area contributed by atoms with Crippen molar-refractivity contribution in [1.29, 1.82) is 0 Å². The molecule has 6 heteroatoms. The number of nitrogens with two attached hydrogens (primary N) is 1. The first-order valence-corrected chi connectivity index (χ1v) is 8.53. The van der Waals surface area contributed by atoms with Gasteiger partial charge in [0.25, 0.3) is 0 Å². The first-order valence-electron chi connectivity index (χ1n) is 5.66. The van der Waals surface area contributed by atoms with Gasteiger partial charge in [0.15, 0.2) is 0 Å². The van der Waals surface area contributed by atoms with Gasteiger partial charge in [0.2, 0.25) is 10.0 Å². The van der Waals surface area contributed by atoms with Gasteiger partial charge in [0.05, 0.1) is 5.69 Å². The van der Waals surface area contributed by atoms with Gasteiger partial charge in [-0.2, -0.15) is 11.8 Å². The average molecular weight is 288 g/mol. The molecule has 3 N–H and O–H groups in total. The third-order valence-corrected chi connectivity index (χ3v) is 5.17. The molecule has 0 bridgehead atoms. The van der Waals surface area contributed by atoms with Crippen LogP contribution in [0.1, 0.15) is 18.1 Å². The second-order valence-electron chi connectivity index (χ2n) is 4.45. The molecule has 1 atom stereocenters. The molecule has 4 nitrogen and oxygen atoms in total. The number of aryl methyl sites for hydroxylation is 2. The zero-order valence-corrected chi connectivity index (χ0v) is 12.8. The Morgan fingerprint density at radius 3 is 2.44 bits per heavy atom. The van der Waals surface area contributed by atoms with E-state index in [2.05, 4.69) is 4.72 Å². The minimum Gasteiger partial charge on any atom is -0.398 e. The highest BCUT2D eigenvalue weighted by Gasteiger charge is 2.20. The number of hydrogen-bond donors (Lipinski definition) is 2. The molecule has 0 aromatic heterocycles. The van der Waals surface area contributed by atoms with Crippen molar-refractivity contribution in [2.75, 3.05) is 17.7 Å². The molecule has 0 fully saturated rings. The molecule has 0 heterocycles. The van der Waals surface area contributed by atoms with Crippen LogP contribution in [-0.4, -0.2) is 26.5 Å². The van der Waals surface area contributed by atoms with Gasteiger partial charge in [-0.25, -0.2) is 13.1 Å². The van der Waals surface area contributed by atoms with Crippen LogP contribution in [-0.2, 0) is 10.0 Å². The van der Waals surface area contributed by atoms with Gasteiger partial charge in [0, 0.05) is 11.8 Å². The minimum atomic E-state index is -3.54. The standard InChI is InChI=1S/C12H20N2O2S2/c1-8-5-11(13)12(6-9(8)2)18(15,16)14-10(3)7-17-4/h5-6,10,14H,7,13H2,1-4H3. The lowest BCUT2D eigenvalue weighted by molar-refractivity contribution is 0.571. The molecule has 0 amide bonds. The third kappa shape index (κ3) is 3.63. The van der Waals surface area contributed by atoms with Crippen LogP contribution in [0.4, 0.5) is 5.69 Å². The molecule has 0 aliphatic heterocycles. The molecule has 102 valence electrons. The topological polar surface area (TPSA) is 72.2 Å². The maximum absolute atomic E-state index is 12.2. The highest BCUT2D eigenvalue weighted by atomic mass is 32.2. The van der Waals surface area contributed by atoms with Crippen molar-refractivity contribution in [2.24, 2.45) is 0 Å². The van der Waals surface area contributed by atoms with Crippen LogP contribution >= 0.6 is 11.8 Å². The molecule has 0 spiro atoms. The summed E-state index contributed by atoms with van der Waals surface area (Å²) in [5, 5.41) is 0. The molecule has 0 saturated heterocycles. The van der Waals surface area contributed by atoms with Gasteiger partial charge in [-0.05, 0) is 50.3 Å². The van der Waals surface area contributed by atoms with Crippen LogP contribution in [0.25, 0.3) is 0 Å². The number of nitrogens with one attached hydrogen (secondary N) is 1. The summed E-state index contributed by atoms with van der Waals surface area (Å²) in [5.41, 5.74) is 8.00. The van der Waals surface area contributed by atoms with Crippen LogP contribution in [0, 0.1) is 13.8 Å². The van der Waals surface area contributed by atoms with E-state index in [0.717, 1.165) is 16.9 Å². The Morgan fingerprint density at radius 2 is 1.89 bits per heavy atom. The van der Waals surface area contributed by atoms with Gasteiger partial charge >= 0.3 is 0 Å². The first kappa shape index (κ1) is 15.3. The molecule has 18 heavy (non-hydrogen) atoms. The van der Waals surface area contributed by atoms with Gasteiger partial charge in [-0.15, -0.1) is 0 Å². The summed E-state index contributed by atoms with van der Waals surface area (Å²) in [6.45, 7) is 5.62. The van der Waals surface area contributed by atoms with Crippen molar-refractivity contribution in [3.8, 4) is 0 Å². The molecule has 1 aromatic rings. The highest BCUT2D eigenvalue weighted by molar-refractivity contribution is 7.98. The molecular formula is C12H20N2O2S2. The molecule has 0 aliphatic rings. The summed E-state index contributed by atoms with van der Waals surface area (Å²) < 4.78 is 27.0. The number of nitrogen functional groups attached to an aromatic ring is 1. The van der Waals surface area contributed by atoms with E-state index in [1.807, 2.05) is 27.0 Å². The Labute approximate surface area is 113 Å². The maximum Gasteiger partial charge on any atom is 0.242 e. The monoisotopic (exact) mass is 288 g/mol. The van der Waals surface area contributed by atoms with Crippen LogP contribution < -0.4 is 10.5 Å². The second kappa shape index (κ2) is 5.95. The van der Waals surface area contributed by atoms with Gasteiger partial charge in [-0.3, -0.25) is 0 Å². The minimum absolute atomic E-state index is 0.119. The Bertz CT molecular complexity index is 527. The molecule has 0 saturated carbocycles. The zero-order valence-electron chi connectivity index (χ0n) is 11.1. The zero-order chi connectivity index (χ0) is 13.9. The van der Waals surface area contributed by atoms with Crippen molar-refractivity contribution >= 4 is 27.5 Å². The normalized spacial score (nSPS) is 13.6. The predicted molar refractivity (Wildman–Crippen MR) is 78.5 cm³/mol. The molecule has 0 radical (unpaired) electrons. The molecule has 1 rings (SSSR count). The quantitative estimate of drug-likeness (QED) is 0.812. The van der Waals surface area contributed by atoms with E-state index in [1.54, 1.807) is 23.9 Å². The molecule has 1 aromatic carbocycles. The molecular weight excluding hydrogens is 268 g/mol. The van der Waals surface area contributed by atoms with E-state index < -0.39 is 10.0 Å². The van der Waals surface area contributed by atoms with Crippen molar-refractivity contribution in [3.05, 3.63) is 23.3 Å². The van der Waals surface area contributed by atoms with Crippen molar-refractivity contribution < 1.29 is 8.42 Å². The van der Waals surface area contributed by atoms with Crippen LogP contribution in [0.3, 0.4) is 0 Å². The van der Waals surface area contributed by atoms with E-state index >= 15 is 0 Å². The van der Waals surface area contributed by atoms with E-state index in [9.17, 15) is 8.42 Å². The van der Waals surface area contributed by atoms with Crippen LogP contribution in [0.15, 0.2) is 17.0 Å². The summed E-state index contributed by atoms with van der Waals surface area (Å²) >= 11 is 1.60. The van der Waals surface area contributed by atoms with Crippen LogP contribution in [0.2, 0.25) is 0 Å².